The van der Waals surface area contributed by atoms with Crippen molar-refractivity contribution in [2.45, 2.75) is 6.04 Å². The van der Waals surface area contributed by atoms with E-state index in [1.165, 1.54) is 12.1 Å². The molecule has 0 aromatic heterocycles. The third kappa shape index (κ3) is 2.73. The number of hydrogen-bond acceptors (Lipinski definition) is 3. The van der Waals surface area contributed by atoms with Crippen molar-refractivity contribution in [1.29, 1.82) is 0 Å². The summed E-state index contributed by atoms with van der Waals surface area (Å²) in [4.78, 5) is 16.5. The first-order valence-corrected chi connectivity index (χ1v) is 7.63. The van der Waals surface area contributed by atoms with Gasteiger partial charge < -0.3 is 10.2 Å². The van der Waals surface area contributed by atoms with E-state index >= 15 is 0 Å². The second kappa shape index (κ2) is 5.79. The van der Waals surface area contributed by atoms with Gasteiger partial charge in [-0.15, -0.1) is 0 Å². The first-order chi connectivity index (χ1) is 9.65. The van der Waals surface area contributed by atoms with Crippen LogP contribution in [0.4, 0.5) is 4.39 Å². The van der Waals surface area contributed by atoms with Gasteiger partial charge in [-0.1, -0.05) is 0 Å². The molecule has 1 amide bonds. The van der Waals surface area contributed by atoms with Crippen molar-refractivity contribution < 1.29 is 9.18 Å². The highest BCUT2D eigenvalue weighted by Gasteiger charge is 2.36. The summed E-state index contributed by atoms with van der Waals surface area (Å²) in [5.41, 5.74) is 0.406. The van der Waals surface area contributed by atoms with Crippen LogP contribution in [0.15, 0.2) is 22.7 Å². The second-order valence-electron chi connectivity index (χ2n) is 5.27. The zero-order valence-electron chi connectivity index (χ0n) is 11.1. The average Bonchev–Trinajstić information content (AvgIpc) is 2.41. The standard InChI is InChI=1S/C14H17BrFN3O/c15-13-2-1-10(16)7-12(13)14(20)19-8-11(9-19)18-5-3-17-4-6-18/h1-2,7,11,17H,3-6,8-9H2. The summed E-state index contributed by atoms with van der Waals surface area (Å²) in [6, 6.07) is 4.68. The Balaban J connectivity index is 1.61. The molecule has 2 saturated heterocycles. The summed E-state index contributed by atoms with van der Waals surface area (Å²) in [6.45, 7) is 5.58. The van der Waals surface area contributed by atoms with Gasteiger partial charge in [0.15, 0.2) is 0 Å². The molecule has 0 unspecified atom stereocenters. The number of nitrogens with zero attached hydrogens (tertiary/aromatic N) is 2. The zero-order chi connectivity index (χ0) is 14.1. The normalized spacial score (nSPS) is 20.8. The maximum absolute atomic E-state index is 13.3. The van der Waals surface area contributed by atoms with Gasteiger partial charge in [-0.05, 0) is 34.1 Å². The molecule has 108 valence electrons. The fraction of sp³-hybridized carbons (Fsp3) is 0.500. The Labute approximate surface area is 126 Å². The van der Waals surface area contributed by atoms with Crippen LogP contribution in [0.3, 0.4) is 0 Å². The summed E-state index contributed by atoms with van der Waals surface area (Å²) in [5, 5.41) is 3.32. The van der Waals surface area contributed by atoms with Crippen molar-refractivity contribution in [3.05, 3.63) is 34.1 Å². The Kier molecular flexibility index (Phi) is 4.05. The van der Waals surface area contributed by atoms with Crippen LogP contribution in [0.5, 0.6) is 0 Å². The van der Waals surface area contributed by atoms with E-state index < -0.39 is 0 Å². The molecular formula is C14H17BrFN3O. The molecule has 3 rings (SSSR count). The Morgan fingerprint density at radius 3 is 2.70 bits per heavy atom. The summed E-state index contributed by atoms with van der Waals surface area (Å²) < 4.78 is 13.9. The molecular weight excluding hydrogens is 325 g/mol. The van der Waals surface area contributed by atoms with Crippen molar-refractivity contribution in [3.63, 3.8) is 0 Å². The molecule has 2 aliphatic heterocycles. The molecule has 2 heterocycles. The van der Waals surface area contributed by atoms with Gasteiger partial charge in [0, 0.05) is 49.8 Å². The molecule has 0 spiro atoms. The summed E-state index contributed by atoms with van der Waals surface area (Å²) in [7, 11) is 0. The minimum Gasteiger partial charge on any atom is -0.335 e. The van der Waals surface area contributed by atoms with Gasteiger partial charge in [0.2, 0.25) is 0 Å². The number of hydrogen-bond donors (Lipinski definition) is 1. The first kappa shape index (κ1) is 14.0. The number of benzene rings is 1. The van der Waals surface area contributed by atoms with E-state index in [1.807, 2.05) is 0 Å². The number of amides is 1. The monoisotopic (exact) mass is 341 g/mol. The lowest BCUT2D eigenvalue weighted by Crippen LogP contribution is -2.63. The molecule has 20 heavy (non-hydrogen) atoms. The van der Waals surface area contributed by atoms with Gasteiger partial charge in [0.1, 0.15) is 5.82 Å². The quantitative estimate of drug-likeness (QED) is 0.881. The average molecular weight is 342 g/mol. The van der Waals surface area contributed by atoms with Gasteiger partial charge in [0.05, 0.1) is 5.56 Å². The van der Waals surface area contributed by atoms with E-state index in [4.69, 9.17) is 0 Å². The van der Waals surface area contributed by atoms with Gasteiger partial charge in [-0.25, -0.2) is 4.39 Å². The van der Waals surface area contributed by atoms with Gasteiger partial charge in [-0.2, -0.15) is 0 Å². The third-order valence-corrected chi connectivity index (χ3v) is 4.67. The molecule has 0 bridgehead atoms. The fourth-order valence-corrected chi connectivity index (χ4v) is 3.15. The number of halogens is 2. The number of nitrogens with one attached hydrogen (secondary N) is 1. The van der Waals surface area contributed by atoms with E-state index in [9.17, 15) is 9.18 Å². The van der Waals surface area contributed by atoms with Crippen LogP contribution in [0.25, 0.3) is 0 Å². The van der Waals surface area contributed by atoms with Crippen molar-refractivity contribution >= 4 is 21.8 Å². The van der Waals surface area contributed by atoms with E-state index in [2.05, 4.69) is 26.1 Å². The molecule has 2 aliphatic rings. The zero-order valence-corrected chi connectivity index (χ0v) is 12.7. The van der Waals surface area contributed by atoms with Crippen LogP contribution in [0, 0.1) is 5.82 Å². The molecule has 0 saturated carbocycles. The fourth-order valence-electron chi connectivity index (χ4n) is 2.73. The highest BCUT2D eigenvalue weighted by atomic mass is 79.9. The molecule has 0 aliphatic carbocycles. The minimum atomic E-state index is -0.379. The van der Waals surface area contributed by atoms with Gasteiger partial charge >= 0.3 is 0 Å². The Hall–Kier alpha value is -0.980. The minimum absolute atomic E-state index is 0.0947. The molecule has 2 fully saturated rings. The number of carbonyl (C=O) groups is 1. The second-order valence-corrected chi connectivity index (χ2v) is 6.13. The smallest absolute Gasteiger partial charge is 0.255 e. The molecule has 0 atom stereocenters. The largest absolute Gasteiger partial charge is 0.335 e. The molecule has 6 heteroatoms. The van der Waals surface area contributed by atoms with Gasteiger partial charge in [-0.3, -0.25) is 9.69 Å². The summed E-state index contributed by atoms with van der Waals surface area (Å²) in [6.07, 6.45) is 0. The maximum atomic E-state index is 13.3. The van der Waals surface area contributed by atoms with E-state index in [0.29, 0.717) is 16.1 Å². The molecule has 1 aromatic carbocycles. The molecule has 1 aromatic rings. The number of piperazine rings is 1. The maximum Gasteiger partial charge on any atom is 0.255 e. The van der Waals surface area contributed by atoms with Crippen LogP contribution in [-0.2, 0) is 0 Å². The predicted octanol–water partition coefficient (Wildman–Crippen LogP) is 1.32. The van der Waals surface area contributed by atoms with E-state index in [-0.39, 0.29) is 11.7 Å². The van der Waals surface area contributed by atoms with Crippen molar-refractivity contribution in [1.82, 2.24) is 15.1 Å². The lowest BCUT2D eigenvalue weighted by molar-refractivity contribution is 0.0226. The predicted molar refractivity (Wildman–Crippen MR) is 78.2 cm³/mol. The van der Waals surface area contributed by atoms with Gasteiger partial charge in [0.25, 0.3) is 5.91 Å². The Morgan fingerprint density at radius 1 is 1.30 bits per heavy atom. The molecule has 4 nitrogen and oxygen atoms in total. The first-order valence-electron chi connectivity index (χ1n) is 6.84. The van der Waals surface area contributed by atoms with Crippen molar-refractivity contribution in [3.8, 4) is 0 Å². The van der Waals surface area contributed by atoms with Crippen molar-refractivity contribution in [2.24, 2.45) is 0 Å². The number of carbonyl (C=O) groups excluding carboxylic acids is 1. The Morgan fingerprint density at radius 2 is 2.00 bits per heavy atom. The Bertz CT molecular complexity index is 513. The lowest BCUT2D eigenvalue weighted by Gasteiger charge is -2.46. The van der Waals surface area contributed by atoms with Crippen LogP contribution in [0.1, 0.15) is 10.4 Å². The van der Waals surface area contributed by atoms with E-state index in [1.54, 1.807) is 11.0 Å². The SMILES string of the molecule is O=C(c1cc(F)ccc1Br)N1CC(N2CCNCC2)C1. The van der Waals surface area contributed by atoms with Crippen LogP contribution < -0.4 is 5.32 Å². The molecule has 1 N–H and O–H groups in total. The van der Waals surface area contributed by atoms with Crippen LogP contribution in [-0.4, -0.2) is 61.0 Å². The van der Waals surface area contributed by atoms with Crippen molar-refractivity contribution in [2.75, 3.05) is 39.3 Å². The number of rotatable bonds is 2. The molecule has 0 radical (unpaired) electrons. The summed E-state index contributed by atoms with van der Waals surface area (Å²) in [5.74, 6) is -0.474. The van der Waals surface area contributed by atoms with Crippen LogP contribution in [0.2, 0.25) is 0 Å². The third-order valence-electron chi connectivity index (χ3n) is 3.98. The van der Waals surface area contributed by atoms with Crippen LogP contribution >= 0.6 is 15.9 Å². The topological polar surface area (TPSA) is 35.6 Å². The lowest BCUT2D eigenvalue weighted by atomic mass is 10.0. The summed E-state index contributed by atoms with van der Waals surface area (Å²) >= 11 is 3.31. The highest BCUT2D eigenvalue weighted by Crippen LogP contribution is 2.23. The number of likely N-dealkylation sites (tertiary alicyclic amines) is 1. The highest BCUT2D eigenvalue weighted by molar-refractivity contribution is 9.10. The van der Waals surface area contributed by atoms with E-state index in [0.717, 1.165) is 39.3 Å².